The predicted octanol–water partition coefficient (Wildman–Crippen LogP) is 3.29. The van der Waals surface area contributed by atoms with Crippen LogP contribution in [0.3, 0.4) is 0 Å². The SMILES string of the molecule is C=CCN(CCN1CCOCC1)C(=O)C1N([C@@H](CO)CC(C)C)C(=O)[C@@H]2[C@H](C(=O)N(CC=C)Cc3ccccc3)[C@@H]3CC(C)C12S3. The molecule has 4 heterocycles. The van der Waals surface area contributed by atoms with Crippen molar-refractivity contribution >= 4 is 29.5 Å². The number of amides is 3. The smallest absolute Gasteiger partial charge is 0.247 e. The lowest BCUT2D eigenvalue weighted by atomic mass is 9.65. The second kappa shape index (κ2) is 15.0. The highest BCUT2D eigenvalue weighted by Crippen LogP contribution is 2.69. The van der Waals surface area contributed by atoms with Crippen LogP contribution in [0.1, 0.15) is 39.2 Å². The lowest BCUT2D eigenvalue weighted by Gasteiger charge is -2.42. The van der Waals surface area contributed by atoms with Crippen LogP contribution in [0.4, 0.5) is 0 Å². The molecule has 4 aliphatic heterocycles. The number of carbonyl (C=O) groups is 3. The topological polar surface area (TPSA) is 93.6 Å². The third-order valence-corrected chi connectivity index (χ3v) is 12.5. The van der Waals surface area contributed by atoms with Crippen LogP contribution in [-0.4, -0.2) is 124 Å². The van der Waals surface area contributed by atoms with Gasteiger partial charge < -0.3 is 24.5 Å². The van der Waals surface area contributed by atoms with E-state index in [1.165, 1.54) is 0 Å². The Bertz CT molecular complexity index is 1260. The van der Waals surface area contributed by atoms with Gasteiger partial charge in [-0.1, -0.05) is 63.3 Å². The van der Waals surface area contributed by atoms with Crippen molar-refractivity contribution in [2.45, 2.75) is 62.2 Å². The third kappa shape index (κ3) is 6.55. The van der Waals surface area contributed by atoms with E-state index in [0.717, 1.165) is 25.1 Å². The predicted molar refractivity (Wildman–Crippen MR) is 182 cm³/mol. The summed E-state index contributed by atoms with van der Waals surface area (Å²) in [5.74, 6) is -1.25. The molecule has 0 aliphatic carbocycles. The Morgan fingerprint density at radius 2 is 1.78 bits per heavy atom. The minimum atomic E-state index is -0.768. The molecule has 1 N–H and O–H groups in total. The van der Waals surface area contributed by atoms with Crippen LogP contribution in [0.15, 0.2) is 55.6 Å². The quantitative estimate of drug-likeness (QED) is 0.291. The van der Waals surface area contributed by atoms with E-state index in [0.29, 0.717) is 52.4 Å². The van der Waals surface area contributed by atoms with E-state index in [-0.39, 0.29) is 41.4 Å². The van der Waals surface area contributed by atoms with Crippen LogP contribution < -0.4 is 0 Å². The lowest BCUT2D eigenvalue weighted by Crippen LogP contribution is -2.60. The Hall–Kier alpha value is -2.66. The van der Waals surface area contributed by atoms with E-state index >= 15 is 0 Å². The first-order chi connectivity index (χ1) is 22.2. The molecule has 9 nitrogen and oxygen atoms in total. The number of ether oxygens (including phenoxy) is 1. The zero-order valence-corrected chi connectivity index (χ0v) is 28.6. The molecule has 46 heavy (non-hydrogen) atoms. The maximum atomic E-state index is 14.9. The summed E-state index contributed by atoms with van der Waals surface area (Å²) in [5, 5.41) is 10.7. The van der Waals surface area contributed by atoms with E-state index in [9.17, 15) is 19.5 Å². The Morgan fingerprint density at radius 1 is 1.11 bits per heavy atom. The zero-order valence-electron chi connectivity index (χ0n) is 27.8. The van der Waals surface area contributed by atoms with E-state index in [4.69, 9.17) is 4.74 Å². The van der Waals surface area contributed by atoms with E-state index in [1.807, 2.05) is 40.1 Å². The fourth-order valence-electron chi connectivity index (χ4n) is 8.34. The van der Waals surface area contributed by atoms with Gasteiger partial charge in [0.2, 0.25) is 17.7 Å². The number of thioether (sulfide) groups is 1. The highest BCUT2D eigenvalue weighted by Gasteiger charge is 2.77. The monoisotopic (exact) mass is 652 g/mol. The van der Waals surface area contributed by atoms with Gasteiger partial charge in [0.05, 0.1) is 42.4 Å². The largest absolute Gasteiger partial charge is 0.394 e. The summed E-state index contributed by atoms with van der Waals surface area (Å²) >= 11 is 1.69. The number of rotatable bonds is 15. The van der Waals surface area contributed by atoms with E-state index < -0.39 is 28.7 Å². The van der Waals surface area contributed by atoms with Crippen molar-refractivity contribution in [1.82, 2.24) is 19.6 Å². The highest BCUT2D eigenvalue weighted by atomic mass is 32.2. The summed E-state index contributed by atoms with van der Waals surface area (Å²) in [4.78, 5) is 52.0. The number of hydrogen-bond acceptors (Lipinski definition) is 7. The molecule has 7 atom stereocenters. The number of morpholine rings is 1. The summed E-state index contributed by atoms with van der Waals surface area (Å²) in [6.07, 6.45) is 4.82. The molecule has 0 radical (unpaired) electrons. The van der Waals surface area contributed by atoms with E-state index in [2.05, 4.69) is 38.8 Å². The molecule has 252 valence electrons. The molecule has 5 rings (SSSR count). The van der Waals surface area contributed by atoms with Gasteiger partial charge in [-0.05, 0) is 30.2 Å². The molecular weight excluding hydrogens is 600 g/mol. The molecule has 0 saturated carbocycles. The summed E-state index contributed by atoms with van der Waals surface area (Å²) in [7, 11) is 0. The number of fused-ring (bicyclic) bond motifs is 1. The molecular formula is C36H52N4O5S. The molecule has 3 amide bonds. The number of carbonyl (C=O) groups excluding carboxylic acids is 3. The van der Waals surface area contributed by atoms with Crippen molar-refractivity contribution in [3.8, 4) is 0 Å². The number of aliphatic hydroxyl groups is 1. The molecule has 1 aromatic carbocycles. The van der Waals surface area contributed by atoms with Gasteiger partial charge in [-0.15, -0.1) is 24.9 Å². The highest BCUT2D eigenvalue weighted by molar-refractivity contribution is 8.02. The Labute approximate surface area is 279 Å². The number of aliphatic hydroxyl groups excluding tert-OH is 1. The maximum Gasteiger partial charge on any atom is 0.247 e. The van der Waals surface area contributed by atoms with Crippen molar-refractivity contribution in [1.29, 1.82) is 0 Å². The average molecular weight is 653 g/mol. The maximum absolute atomic E-state index is 14.9. The Kier molecular flexibility index (Phi) is 11.3. The fourth-order valence-corrected chi connectivity index (χ4v) is 10.7. The van der Waals surface area contributed by atoms with Crippen LogP contribution in [0.5, 0.6) is 0 Å². The normalized spacial score (nSPS) is 29.5. The summed E-state index contributed by atoms with van der Waals surface area (Å²) in [6.45, 7) is 19.3. The van der Waals surface area contributed by atoms with Gasteiger partial charge in [-0.2, -0.15) is 0 Å². The van der Waals surface area contributed by atoms with Crippen LogP contribution >= 0.6 is 11.8 Å². The van der Waals surface area contributed by atoms with Gasteiger partial charge in [0.25, 0.3) is 0 Å². The van der Waals surface area contributed by atoms with Gasteiger partial charge in [0, 0.05) is 51.1 Å². The molecule has 4 saturated heterocycles. The molecule has 0 aromatic heterocycles. The molecule has 1 spiro atoms. The summed E-state index contributed by atoms with van der Waals surface area (Å²) < 4.78 is 4.76. The first-order valence-corrected chi connectivity index (χ1v) is 17.8. The van der Waals surface area contributed by atoms with Crippen molar-refractivity contribution in [2.24, 2.45) is 23.7 Å². The fraction of sp³-hybridized carbons (Fsp3) is 0.639. The average Bonchev–Trinajstić information content (AvgIpc) is 3.65. The lowest BCUT2D eigenvalue weighted by molar-refractivity contribution is -0.147. The first-order valence-electron chi connectivity index (χ1n) is 16.9. The number of likely N-dealkylation sites (tertiary alicyclic amines) is 1. The van der Waals surface area contributed by atoms with Crippen molar-refractivity contribution in [3.63, 3.8) is 0 Å². The number of benzene rings is 1. The van der Waals surface area contributed by atoms with Crippen LogP contribution in [0, 0.1) is 23.7 Å². The van der Waals surface area contributed by atoms with Crippen molar-refractivity contribution in [3.05, 3.63) is 61.2 Å². The molecule has 4 fully saturated rings. The van der Waals surface area contributed by atoms with Crippen LogP contribution in [0.2, 0.25) is 0 Å². The van der Waals surface area contributed by atoms with Gasteiger partial charge in [0.1, 0.15) is 6.04 Å². The first kappa shape index (κ1) is 34.7. The van der Waals surface area contributed by atoms with Gasteiger partial charge >= 0.3 is 0 Å². The van der Waals surface area contributed by atoms with Crippen molar-refractivity contribution < 1.29 is 24.2 Å². The molecule has 1 aromatic rings. The Morgan fingerprint density at radius 3 is 2.41 bits per heavy atom. The third-order valence-electron chi connectivity index (χ3n) is 10.4. The minimum Gasteiger partial charge on any atom is -0.394 e. The van der Waals surface area contributed by atoms with Gasteiger partial charge in [0.15, 0.2) is 0 Å². The van der Waals surface area contributed by atoms with Crippen molar-refractivity contribution in [2.75, 3.05) is 59.1 Å². The van der Waals surface area contributed by atoms with Gasteiger partial charge in [-0.3, -0.25) is 19.3 Å². The van der Waals surface area contributed by atoms with E-state index in [1.54, 1.807) is 28.8 Å². The number of hydrogen-bond donors (Lipinski definition) is 1. The van der Waals surface area contributed by atoms with Crippen LogP contribution in [0.25, 0.3) is 0 Å². The second-order valence-corrected chi connectivity index (χ2v) is 15.3. The minimum absolute atomic E-state index is 0.0460. The summed E-state index contributed by atoms with van der Waals surface area (Å²) in [5.41, 5.74) is 1.02. The van der Waals surface area contributed by atoms with Gasteiger partial charge in [-0.25, -0.2) is 0 Å². The van der Waals surface area contributed by atoms with Crippen LogP contribution in [-0.2, 0) is 25.7 Å². The molecule has 10 heteroatoms. The summed E-state index contributed by atoms with van der Waals surface area (Å²) in [6, 6.07) is 8.60. The standard InChI is InChI=1S/C36H52N4O5S/c1-6-13-38(16-15-37-17-19-45-20-18-37)35(44)32-36-26(5)22-29(46-36)30(31(36)34(43)40(32)28(24-41)21-25(3)4)33(42)39(14-7-2)23-27-11-9-8-10-12-27/h6-12,25-26,28-32,41H,1-2,13-24H2,3-5H3/t26?,28-,29+,30-,31+,32?,36?/m1/s1. The molecule has 2 bridgehead atoms. The molecule has 3 unspecified atom stereocenters. The second-order valence-electron chi connectivity index (χ2n) is 13.8. The number of nitrogens with zero attached hydrogens (tertiary/aromatic N) is 4. The zero-order chi connectivity index (χ0) is 33.0. The molecule has 4 aliphatic rings. The Balaban J connectivity index is 1.52.